The molecule has 7 heteroatoms. The minimum atomic E-state index is -1.33. The maximum Gasteiger partial charge on any atom is 0.325 e. The molecule has 1 atom stereocenters. The van der Waals surface area contributed by atoms with E-state index in [1.807, 2.05) is 0 Å². The van der Waals surface area contributed by atoms with E-state index >= 15 is 0 Å². The van der Waals surface area contributed by atoms with E-state index in [2.05, 4.69) is 10.3 Å². The van der Waals surface area contributed by atoms with Crippen LogP contribution in [0, 0.1) is 11.6 Å². The molecule has 1 aliphatic rings. The molecule has 0 bridgehead atoms. The third-order valence-electron chi connectivity index (χ3n) is 3.81. The zero-order valence-corrected chi connectivity index (χ0v) is 12.2. The monoisotopic (exact) mass is 317 g/mol. The third-order valence-corrected chi connectivity index (χ3v) is 3.81. The molecule has 23 heavy (non-hydrogen) atoms. The Hall–Kier alpha value is -2.83. The lowest BCUT2D eigenvalue weighted by Gasteiger charge is -2.21. The van der Waals surface area contributed by atoms with Gasteiger partial charge in [0.1, 0.15) is 0 Å². The Balaban J connectivity index is 1.92. The van der Waals surface area contributed by atoms with Gasteiger partial charge in [0.25, 0.3) is 5.91 Å². The number of hydrogen-bond donors (Lipinski definition) is 1. The number of nitrogens with one attached hydrogen (secondary N) is 1. The molecule has 1 fully saturated rings. The van der Waals surface area contributed by atoms with Crippen LogP contribution in [0.3, 0.4) is 0 Å². The van der Waals surface area contributed by atoms with Gasteiger partial charge < -0.3 is 5.32 Å². The van der Waals surface area contributed by atoms with Crippen LogP contribution >= 0.6 is 0 Å². The second kappa shape index (κ2) is 5.42. The van der Waals surface area contributed by atoms with Crippen molar-refractivity contribution in [2.24, 2.45) is 0 Å². The van der Waals surface area contributed by atoms with E-state index in [4.69, 9.17) is 0 Å². The Kier molecular flexibility index (Phi) is 3.55. The SMILES string of the molecule is CC1(c2ccccn2)NC(=O)N(Cc2cccc(F)c2F)C1=O. The van der Waals surface area contributed by atoms with Crippen molar-refractivity contribution in [3.63, 3.8) is 0 Å². The smallest absolute Gasteiger partial charge is 0.318 e. The van der Waals surface area contributed by atoms with Crippen molar-refractivity contribution < 1.29 is 18.4 Å². The number of rotatable bonds is 3. The minimum absolute atomic E-state index is 0.0706. The summed E-state index contributed by atoms with van der Waals surface area (Å²) in [5.41, 5.74) is -1.03. The summed E-state index contributed by atoms with van der Waals surface area (Å²) >= 11 is 0. The van der Waals surface area contributed by atoms with Crippen LogP contribution in [0.5, 0.6) is 0 Å². The highest BCUT2D eigenvalue weighted by Gasteiger charge is 2.50. The highest BCUT2D eigenvalue weighted by molar-refractivity contribution is 6.06. The van der Waals surface area contributed by atoms with E-state index in [1.165, 1.54) is 25.3 Å². The highest BCUT2D eigenvalue weighted by atomic mass is 19.2. The van der Waals surface area contributed by atoms with Crippen molar-refractivity contribution in [3.05, 3.63) is 65.5 Å². The van der Waals surface area contributed by atoms with Crippen LogP contribution in [0.4, 0.5) is 13.6 Å². The zero-order valence-electron chi connectivity index (χ0n) is 12.2. The molecular weight excluding hydrogens is 304 g/mol. The molecule has 3 amide bonds. The van der Waals surface area contributed by atoms with Gasteiger partial charge in [0.2, 0.25) is 0 Å². The summed E-state index contributed by atoms with van der Waals surface area (Å²) in [6.45, 7) is 1.17. The van der Waals surface area contributed by atoms with E-state index in [-0.39, 0.29) is 12.1 Å². The van der Waals surface area contributed by atoms with E-state index in [0.29, 0.717) is 5.69 Å². The van der Waals surface area contributed by atoms with Crippen LogP contribution in [0.25, 0.3) is 0 Å². The molecule has 0 aliphatic carbocycles. The first-order chi connectivity index (χ1) is 10.9. The molecule has 1 aromatic heterocycles. The molecule has 1 aliphatic heterocycles. The van der Waals surface area contributed by atoms with Crippen molar-refractivity contribution in [1.82, 2.24) is 15.2 Å². The Morgan fingerprint density at radius 3 is 2.65 bits per heavy atom. The lowest BCUT2D eigenvalue weighted by atomic mass is 9.97. The first-order valence-corrected chi connectivity index (χ1v) is 6.92. The fourth-order valence-corrected chi connectivity index (χ4v) is 2.51. The summed E-state index contributed by atoms with van der Waals surface area (Å²) in [6.07, 6.45) is 1.51. The summed E-state index contributed by atoms with van der Waals surface area (Å²) in [5, 5.41) is 2.56. The third kappa shape index (κ3) is 2.44. The Morgan fingerprint density at radius 2 is 1.96 bits per heavy atom. The van der Waals surface area contributed by atoms with Gasteiger partial charge in [-0.25, -0.2) is 13.6 Å². The second-order valence-electron chi connectivity index (χ2n) is 5.37. The minimum Gasteiger partial charge on any atom is -0.318 e. The molecule has 2 heterocycles. The molecule has 1 unspecified atom stereocenters. The average Bonchev–Trinajstić information content (AvgIpc) is 2.77. The molecule has 1 N–H and O–H groups in total. The number of amides is 3. The van der Waals surface area contributed by atoms with Gasteiger partial charge in [-0.1, -0.05) is 18.2 Å². The van der Waals surface area contributed by atoms with E-state index in [9.17, 15) is 18.4 Å². The molecule has 2 aromatic rings. The van der Waals surface area contributed by atoms with Crippen molar-refractivity contribution in [2.75, 3.05) is 0 Å². The van der Waals surface area contributed by atoms with Crippen molar-refractivity contribution in [3.8, 4) is 0 Å². The van der Waals surface area contributed by atoms with Gasteiger partial charge in [0.15, 0.2) is 17.2 Å². The van der Waals surface area contributed by atoms with Gasteiger partial charge in [-0.3, -0.25) is 14.7 Å². The second-order valence-corrected chi connectivity index (χ2v) is 5.37. The average molecular weight is 317 g/mol. The quantitative estimate of drug-likeness (QED) is 0.884. The van der Waals surface area contributed by atoms with Gasteiger partial charge in [-0.2, -0.15) is 0 Å². The van der Waals surface area contributed by atoms with Crippen molar-refractivity contribution in [2.45, 2.75) is 19.0 Å². The largest absolute Gasteiger partial charge is 0.325 e. The summed E-state index contributed by atoms with van der Waals surface area (Å²) < 4.78 is 27.0. The first kappa shape index (κ1) is 15.1. The standard InChI is InChI=1S/C16H13F2N3O2/c1-16(12-7-2-3-8-19-12)14(22)21(15(23)20-16)9-10-5-4-6-11(17)13(10)18/h2-8H,9H2,1H3,(H,20,23). The summed E-state index contributed by atoms with van der Waals surface area (Å²) in [7, 11) is 0. The lowest BCUT2D eigenvalue weighted by molar-refractivity contribution is -0.131. The normalized spacial score (nSPS) is 20.7. The van der Waals surface area contributed by atoms with Crippen molar-refractivity contribution in [1.29, 1.82) is 0 Å². The molecular formula is C16H13F2N3O2. The number of nitrogens with zero attached hydrogens (tertiary/aromatic N) is 2. The molecule has 0 radical (unpaired) electrons. The number of halogens is 2. The van der Waals surface area contributed by atoms with Gasteiger partial charge in [-0.15, -0.1) is 0 Å². The van der Waals surface area contributed by atoms with Gasteiger partial charge in [0.05, 0.1) is 12.2 Å². The predicted octanol–water partition coefficient (Wildman–Crippen LogP) is 2.33. The summed E-state index contributed by atoms with van der Waals surface area (Å²) in [5.74, 6) is -2.66. The van der Waals surface area contributed by atoms with Crippen LogP contribution in [0.15, 0.2) is 42.6 Å². The Morgan fingerprint density at radius 1 is 1.17 bits per heavy atom. The molecule has 118 valence electrons. The number of carbonyl (C=O) groups excluding carboxylic acids is 2. The maximum absolute atomic E-state index is 13.8. The van der Waals surface area contributed by atoms with Crippen LogP contribution in [-0.4, -0.2) is 21.8 Å². The number of hydrogen-bond acceptors (Lipinski definition) is 3. The molecule has 0 spiro atoms. The van der Waals surface area contributed by atoms with Gasteiger partial charge in [-0.05, 0) is 25.1 Å². The molecule has 0 saturated carbocycles. The fraction of sp³-hybridized carbons (Fsp3) is 0.188. The van der Waals surface area contributed by atoms with Crippen LogP contribution in [-0.2, 0) is 16.9 Å². The molecule has 3 rings (SSSR count). The van der Waals surface area contributed by atoms with E-state index in [0.717, 1.165) is 11.0 Å². The van der Waals surface area contributed by atoms with Crippen LogP contribution < -0.4 is 5.32 Å². The van der Waals surface area contributed by atoms with Crippen LogP contribution in [0.1, 0.15) is 18.2 Å². The number of carbonyl (C=O) groups is 2. The Bertz CT molecular complexity index is 782. The predicted molar refractivity (Wildman–Crippen MR) is 77.0 cm³/mol. The summed E-state index contributed by atoms with van der Waals surface area (Å²) in [6, 6.07) is 7.95. The van der Waals surface area contributed by atoms with Gasteiger partial charge in [0, 0.05) is 11.8 Å². The zero-order chi connectivity index (χ0) is 16.6. The number of pyridine rings is 1. The Labute approximate surface area is 130 Å². The molecule has 1 saturated heterocycles. The molecule has 1 aromatic carbocycles. The number of aromatic nitrogens is 1. The van der Waals surface area contributed by atoms with Gasteiger partial charge >= 0.3 is 6.03 Å². The topological polar surface area (TPSA) is 62.3 Å². The highest BCUT2D eigenvalue weighted by Crippen LogP contribution is 2.28. The van der Waals surface area contributed by atoms with Crippen molar-refractivity contribution >= 4 is 11.9 Å². The van der Waals surface area contributed by atoms with Crippen LogP contribution in [0.2, 0.25) is 0 Å². The first-order valence-electron chi connectivity index (χ1n) is 6.92. The van der Waals surface area contributed by atoms with E-state index < -0.39 is 29.1 Å². The maximum atomic E-state index is 13.8. The molecule has 5 nitrogen and oxygen atoms in total. The fourth-order valence-electron chi connectivity index (χ4n) is 2.51. The number of benzene rings is 1. The summed E-state index contributed by atoms with van der Waals surface area (Å²) in [4.78, 5) is 29.7. The number of imide groups is 1. The number of urea groups is 1. The van der Waals surface area contributed by atoms with E-state index in [1.54, 1.807) is 18.2 Å². The lowest BCUT2D eigenvalue weighted by Crippen LogP contribution is -2.41.